The van der Waals surface area contributed by atoms with Gasteiger partial charge in [0.25, 0.3) is 0 Å². The number of amides is 1. The van der Waals surface area contributed by atoms with Crippen LogP contribution >= 0.6 is 0 Å². The Morgan fingerprint density at radius 1 is 1.35 bits per heavy atom. The second-order valence-electron chi connectivity index (χ2n) is 8.23. The van der Waals surface area contributed by atoms with Crippen molar-refractivity contribution in [2.24, 2.45) is 17.3 Å². The predicted octanol–water partition coefficient (Wildman–Crippen LogP) is 3.99. The number of H-pyrrole nitrogens is 1. The highest BCUT2D eigenvalue weighted by Crippen LogP contribution is 2.49. The van der Waals surface area contributed by atoms with E-state index in [0.29, 0.717) is 35.6 Å². The van der Waals surface area contributed by atoms with Crippen molar-refractivity contribution in [1.82, 2.24) is 9.88 Å². The lowest BCUT2D eigenvalue weighted by atomic mass is 9.65. The number of fused-ring (bicyclic) bond motifs is 3. The zero-order valence-electron chi connectivity index (χ0n) is 14.3. The Labute approximate surface area is 138 Å². The number of hydrogen-bond acceptors (Lipinski definition) is 1. The van der Waals surface area contributed by atoms with Gasteiger partial charge in [-0.2, -0.15) is 0 Å². The molecular formula is C20H26N2O. The van der Waals surface area contributed by atoms with E-state index < -0.39 is 0 Å². The molecule has 3 nitrogen and oxygen atoms in total. The normalized spacial score (nSPS) is 29.2. The standard InChI is InChI=1S/C20H26N2O/c1-13-18-8-14(10-20(13,2)3)12-22(18)19(23)9-15-11-21-17-7-5-4-6-16(15)17/h4-7,11,13-14,18,21H,8-10,12H2,1-3H3/t13-,14+,18+/m0/s1. The van der Waals surface area contributed by atoms with Crippen LogP contribution in [-0.4, -0.2) is 28.4 Å². The summed E-state index contributed by atoms with van der Waals surface area (Å²) in [4.78, 5) is 18.4. The van der Waals surface area contributed by atoms with Crippen LogP contribution in [0.4, 0.5) is 0 Å². The number of benzene rings is 1. The Morgan fingerprint density at radius 2 is 2.13 bits per heavy atom. The number of carbonyl (C=O) groups is 1. The number of aromatic nitrogens is 1. The fourth-order valence-electron chi connectivity index (χ4n) is 4.86. The molecule has 1 aliphatic heterocycles. The van der Waals surface area contributed by atoms with Gasteiger partial charge in [-0.1, -0.05) is 39.0 Å². The van der Waals surface area contributed by atoms with E-state index in [1.807, 2.05) is 18.3 Å². The van der Waals surface area contributed by atoms with Crippen LogP contribution in [0, 0.1) is 17.3 Å². The van der Waals surface area contributed by atoms with Gasteiger partial charge in [-0.25, -0.2) is 0 Å². The molecule has 2 bridgehead atoms. The molecule has 0 spiro atoms. The molecule has 1 amide bonds. The Hall–Kier alpha value is -1.77. The maximum Gasteiger partial charge on any atom is 0.227 e. The van der Waals surface area contributed by atoms with Gasteiger partial charge in [-0.05, 0) is 41.7 Å². The van der Waals surface area contributed by atoms with Gasteiger partial charge in [-0.15, -0.1) is 0 Å². The first kappa shape index (κ1) is 14.8. The molecule has 23 heavy (non-hydrogen) atoms. The molecule has 1 aliphatic carbocycles. The summed E-state index contributed by atoms with van der Waals surface area (Å²) in [6.07, 6.45) is 4.96. The fraction of sp³-hybridized carbons (Fsp3) is 0.550. The van der Waals surface area contributed by atoms with E-state index in [9.17, 15) is 4.79 Å². The average Bonchev–Trinajstić information content (AvgIpc) is 3.08. The topological polar surface area (TPSA) is 36.1 Å². The van der Waals surface area contributed by atoms with Crippen molar-refractivity contribution in [3.05, 3.63) is 36.0 Å². The Balaban J connectivity index is 1.56. The molecule has 2 heterocycles. The zero-order chi connectivity index (χ0) is 16.2. The number of para-hydroxylation sites is 1. The summed E-state index contributed by atoms with van der Waals surface area (Å²) >= 11 is 0. The first-order valence-electron chi connectivity index (χ1n) is 8.80. The molecule has 1 saturated heterocycles. The summed E-state index contributed by atoms with van der Waals surface area (Å²) in [6.45, 7) is 8.02. The molecule has 3 atom stereocenters. The maximum atomic E-state index is 13.0. The average molecular weight is 310 g/mol. The highest BCUT2D eigenvalue weighted by molar-refractivity contribution is 5.89. The Kier molecular flexibility index (Phi) is 3.29. The van der Waals surface area contributed by atoms with Crippen LogP contribution in [0.25, 0.3) is 10.9 Å². The highest BCUT2D eigenvalue weighted by atomic mass is 16.2. The molecule has 1 saturated carbocycles. The largest absolute Gasteiger partial charge is 0.361 e. The summed E-state index contributed by atoms with van der Waals surface area (Å²) in [7, 11) is 0. The van der Waals surface area contributed by atoms with Gasteiger partial charge < -0.3 is 9.88 Å². The van der Waals surface area contributed by atoms with E-state index in [4.69, 9.17) is 0 Å². The molecule has 2 fully saturated rings. The van der Waals surface area contributed by atoms with Gasteiger partial charge in [0.05, 0.1) is 6.42 Å². The highest BCUT2D eigenvalue weighted by Gasteiger charge is 2.49. The van der Waals surface area contributed by atoms with Gasteiger partial charge in [0.15, 0.2) is 0 Å². The van der Waals surface area contributed by atoms with Crippen molar-refractivity contribution in [2.45, 2.75) is 46.1 Å². The summed E-state index contributed by atoms with van der Waals surface area (Å²) < 4.78 is 0. The van der Waals surface area contributed by atoms with Crippen LogP contribution in [0.1, 0.15) is 39.2 Å². The van der Waals surface area contributed by atoms with E-state index >= 15 is 0 Å². The van der Waals surface area contributed by atoms with Gasteiger partial charge in [0, 0.05) is 29.7 Å². The number of hydrogen-bond donors (Lipinski definition) is 1. The van der Waals surface area contributed by atoms with Crippen LogP contribution in [0.15, 0.2) is 30.5 Å². The molecule has 122 valence electrons. The Bertz CT molecular complexity index is 745. The second-order valence-corrected chi connectivity index (χ2v) is 8.23. The van der Waals surface area contributed by atoms with Crippen molar-refractivity contribution in [3.8, 4) is 0 Å². The monoisotopic (exact) mass is 310 g/mol. The first-order valence-corrected chi connectivity index (χ1v) is 8.80. The minimum Gasteiger partial charge on any atom is -0.361 e. The summed E-state index contributed by atoms with van der Waals surface area (Å²) in [5, 5.41) is 1.18. The molecule has 1 N–H and O–H groups in total. The summed E-state index contributed by atoms with van der Waals surface area (Å²) in [6, 6.07) is 8.66. The predicted molar refractivity (Wildman–Crippen MR) is 93.2 cm³/mol. The number of aromatic amines is 1. The van der Waals surface area contributed by atoms with Gasteiger partial charge in [-0.3, -0.25) is 4.79 Å². The van der Waals surface area contributed by atoms with Gasteiger partial charge in [0.1, 0.15) is 0 Å². The number of carbonyl (C=O) groups excluding carboxylic acids is 1. The van der Waals surface area contributed by atoms with E-state index in [2.05, 4.69) is 42.8 Å². The van der Waals surface area contributed by atoms with Crippen molar-refractivity contribution in [1.29, 1.82) is 0 Å². The number of likely N-dealkylation sites (tertiary alicyclic amines) is 1. The van der Waals surface area contributed by atoms with Crippen molar-refractivity contribution < 1.29 is 4.79 Å². The summed E-state index contributed by atoms with van der Waals surface area (Å²) in [5.41, 5.74) is 2.59. The molecule has 1 aromatic carbocycles. The molecule has 3 heteroatoms. The third-order valence-electron chi connectivity index (χ3n) is 6.39. The van der Waals surface area contributed by atoms with Gasteiger partial charge >= 0.3 is 0 Å². The minimum atomic E-state index is 0.298. The van der Waals surface area contributed by atoms with Crippen LogP contribution in [0.2, 0.25) is 0 Å². The Morgan fingerprint density at radius 3 is 2.96 bits per heavy atom. The fourth-order valence-corrected chi connectivity index (χ4v) is 4.86. The van der Waals surface area contributed by atoms with Crippen LogP contribution in [0.5, 0.6) is 0 Å². The third kappa shape index (κ3) is 2.37. The van der Waals surface area contributed by atoms with Crippen LogP contribution < -0.4 is 0 Å². The lowest BCUT2D eigenvalue weighted by Crippen LogP contribution is -2.44. The lowest BCUT2D eigenvalue weighted by molar-refractivity contribution is -0.132. The van der Waals surface area contributed by atoms with E-state index in [1.165, 1.54) is 18.2 Å². The minimum absolute atomic E-state index is 0.298. The number of nitrogens with zero attached hydrogens (tertiary/aromatic N) is 1. The molecule has 2 aromatic rings. The van der Waals surface area contributed by atoms with E-state index in [1.54, 1.807) is 0 Å². The smallest absolute Gasteiger partial charge is 0.227 e. The first-order chi connectivity index (χ1) is 11.0. The lowest BCUT2D eigenvalue weighted by Gasteiger charge is -2.42. The van der Waals surface area contributed by atoms with Crippen molar-refractivity contribution in [3.63, 3.8) is 0 Å². The molecule has 0 unspecified atom stereocenters. The van der Waals surface area contributed by atoms with E-state index in [0.717, 1.165) is 17.6 Å². The third-order valence-corrected chi connectivity index (χ3v) is 6.39. The summed E-state index contributed by atoms with van der Waals surface area (Å²) in [5.74, 6) is 1.57. The second kappa shape index (κ2) is 5.12. The number of rotatable bonds is 2. The molecule has 4 rings (SSSR count). The molecule has 0 radical (unpaired) electrons. The van der Waals surface area contributed by atoms with Crippen LogP contribution in [0.3, 0.4) is 0 Å². The van der Waals surface area contributed by atoms with Crippen LogP contribution in [-0.2, 0) is 11.2 Å². The quantitative estimate of drug-likeness (QED) is 0.894. The van der Waals surface area contributed by atoms with Crippen molar-refractivity contribution in [2.75, 3.05) is 6.54 Å². The molecule has 1 aromatic heterocycles. The molecular weight excluding hydrogens is 284 g/mol. The number of nitrogens with one attached hydrogen (secondary N) is 1. The van der Waals surface area contributed by atoms with Gasteiger partial charge in [0.2, 0.25) is 5.91 Å². The zero-order valence-corrected chi connectivity index (χ0v) is 14.3. The maximum absolute atomic E-state index is 13.0. The van der Waals surface area contributed by atoms with E-state index in [-0.39, 0.29) is 0 Å². The molecule has 2 aliphatic rings. The van der Waals surface area contributed by atoms with Crippen molar-refractivity contribution >= 4 is 16.8 Å². The SMILES string of the molecule is C[C@H]1[C@H]2C[C@@H](CN2C(=O)Cc2c[nH]c3ccccc23)CC1(C)C.